The van der Waals surface area contributed by atoms with Crippen LogP contribution in [0.5, 0.6) is 0 Å². The van der Waals surface area contributed by atoms with Crippen molar-refractivity contribution >= 4 is 20.2 Å². The molecule has 1 fully saturated rings. The highest BCUT2D eigenvalue weighted by Crippen LogP contribution is 2.49. The molecule has 8 nitrogen and oxygen atoms in total. The van der Waals surface area contributed by atoms with E-state index in [4.69, 9.17) is 23.0 Å². The van der Waals surface area contributed by atoms with Crippen LogP contribution in [0, 0.1) is 12.3 Å². The van der Waals surface area contributed by atoms with Crippen LogP contribution >= 0.6 is 8.53 Å². The van der Waals surface area contributed by atoms with E-state index in [-0.39, 0.29) is 37.8 Å². The zero-order valence-corrected chi connectivity index (χ0v) is 19.6. The van der Waals surface area contributed by atoms with Gasteiger partial charge in [-0.15, -0.1) is 12.3 Å². The molecule has 1 N–H and O–H groups in total. The summed E-state index contributed by atoms with van der Waals surface area (Å²) < 4.78 is 48.5. The number of hydrogen-bond acceptors (Lipinski definition) is 7. The smallest absolute Gasteiger partial charge is 0.259 e. The van der Waals surface area contributed by atoms with Crippen molar-refractivity contribution in [2.24, 2.45) is 0 Å². The van der Waals surface area contributed by atoms with Gasteiger partial charge in [0.1, 0.15) is 6.10 Å². The SMILES string of the molecule is [2H]CC1OC(N2C=CC(=O)CC2=O)C(F)C1OP(OCCC#C)N(C(C)C)C(C)C.[3H]OC. The number of hydrogen-bond donors (Lipinski definition) is 1. The summed E-state index contributed by atoms with van der Waals surface area (Å²) in [5.41, 5.74) is 0. The Morgan fingerprint density at radius 2 is 2.16 bits per heavy atom. The Labute approximate surface area is 188 Å². The lowest BCUT2D eigenvalue weighted by molar-refractivity contribution is -0.145. The van der Waals surface area contributed by atoms with E-state index >= 15 is 4.39 Å². The molecule has 1 amide bonds. The number of ketones is 1. The second kappa shape index (κ2) is 13.2. The highest BCUT2D eigenvalue weighted by molar-refractivity contribution is 7.44. The number of nitrogens with zero attached hydrogens (tertiary/aromatic N) is 2. The van der Waals surface area contributed by atoms with Crippen LogP contribution in [0.1, 0.15) is 48.8 Å². The van der Waals surface area contributed by atoms with Gasteiger partial charge in [0.15, 0.2) is 18.2 Å². The molecule has 2 heterocycles. The molecule has 0 saturated carbocycles. The second-order valence-electron chi connectivity index (χ2n) is 7.43. The Morgan fingerprint density at radius 1 is 1.52 bits per heavy atom. The molecule has 0 aromatic carbocycles. The molecule has 0 aromatic heterocycles. The van der Waals surface area contributed by atoms with E-state index in [0.717, 1.165) is 4.90 Å². The predicted octanol–water partition coefficient (Wildman–Crippen LogP) is 2.76. The van der Waals surface area contributed by atoms with Gasteiger partial charge in [0.2, 0.25) is 7.34 Å². The summed E-state index contributed by atoms with van der Waals surface area (Å²) >= 11 is 0. The number of ether oxygens (including phenoxy) is 1. The lowest BCUT2D eigenvalue weighted by Crippen LogP contribution is -2.45. The lowest BCUT2D eigenvalue weighted by Gasteiger charge is -2.37. The largest absolute Gasteiger partial charge is 0.400 e. The fraction of sp³-hybridized carbons (Fsp3) is 0.714. The van der Waals surface area contributed by atoms with Crippen molar-refractivity contribution in [1.29, 1.82) is 1.43 Å². The molecule has 5 atom stereocenters. The Kier molecular flexibility index (Phi) is 10.3. The summed E-state index contributed by atoms with van der Waals surface area (Å²) in [6.07, 6.45) is 2.88. The van der Waals surface area contributed by atoms with E-state index in [2.05, 4.69) is 11.0 Å². The number of amides is 1. The zero-order chi connectivity index (χ0) is 25.1. The third kappa shape index (κ3) is 7.31. The average molecular weight is 463 g/mol. The maximum atomic E-state index is 15.4. The minimum atomic E-state index is -1.70. The van der Waals surface area contributed by atoms with E-state index < -0.39 is 39.0 Å². The molecule has 2 aliphatic rings. The summed E-state index contributed by atoms with van der Waals surface area (Å²) in [4.78, 5) is 24.7. The summed E-state index contributed by atoms with van der Waals surface area (Å²) in [6.45, 7) is 7.96. The van der Waals surface area contributed by atoms with Crippen LogP contribution in [0.2, 0.25) is 0 Å². The average Bonchev–Trinajstić information content (AvgIpc) is 3.03. The second-order valence-corrected chi connectivity index (χ2v) is 8.84. The molecule has 0 aromatic rings. The first-order valence-electron chi connectivity index (χ1n) is 11.2. The van der Waals surface area contributed by atoms with Gasteiger partial charge < -0.3 is 18.9 Å². The minimum absolute atomic E-state index is 0.0604. The number of allylic oxidation sites excluding steroid dienone is 1. The molecule has 1 saturated heterocycles. The Balaban J connectivity index is 0.00000172. The predicted molar refractivity (Wildman–Crippen MR) is 116 cm³/mol. The van der Waals surface area contributed by atoms with Crippen molar-refractivity contribution in [2.45, 2.75) is 84.1 Å². The first-order chi connectivity index (χ1) is 15.6. The molecule has 31 heavy (non-hydrogen) atoms. The van der Waals surface area contributed by atoms with Gasteiger partial charge in [-0.1, -0.05) is 0 Å². The van der Waals surface area contributed by atoms with Gasteiger partial charge in [-0.05, 0) is 40.7 Å². The van der Waals surface area contributed by atoms with Gasteiger partial charge in [0, 0.05) is 33.2 Å². The van der Waals surface area contributed by atoms with Crippen LogP contribution in [0.3, 0.4) is 0 Å². The van der Waals surface area contributed by atoms with Crippen molar-refractivity contribution in [1.82, 2.24) is 9.57 Å². The summed E-state index contributed by atoms with van der Waals surface area (Å²) in [5.74, 6) is 1.62. The van der Waals surface area contributed by atoms with Gasteiger partial charge in [0.25, 0.3) is 8.53 Å². The molecule has 2 rings (SSSR count). The normalized spacial score (nSPS) is 27.8. The van der Waals surface area contributed by atoms with E-state index in [1.807, 2.05) is 32.4 Å². The van der Waals surface area contributed by atoms with Crippen LogP contribution in [-0.2, 0) is 23.4 Å². The van der Waals surface area contributed by atoms with E-state index in [0.29, 0.717) is 6.42 Å². The van der Waals surface area contributed by atoms with Crippen LogP contribution in [0.15, 0.2) is 12.3 Å². The molecule has 0 radical (unpaired) electrons. The van der Waals surface area contributed by atoms with Crippen molar-refractivity contribution in [3.05, 3.63) is 12.3 Å². The fourth-order valence-corrected chi connectivity index (χ4v) is 4.99. The van der Waals surface area contributed by atoms with Crippen LogP contribution in [-0.4, -0.2) is 78.2 Å². The van der Waals surface area contributed by atoms with Gasteiger partial charge in [-0.25, -0.2) is 9.06 Å². The fourth-order valence-electron chi connectivity index (χ4n) is 3.23. The van der Waals surface area contributed by atoms with Crippen molar-refractivity contribution in [3.63, 3.8) is 0 Å². The third-order valence-corrected chi connectivity index (χ3v) is 6.61. The van der Waals surface area contributed by atoms with Crippen LogP contribution < -0.4 is 0 Å². The van der Waals surface area contributed by atoms with E-state index in [1.54, 1.807) is 0 Å². The number of carbonyl (C=O) groups excluding carboxylic acids is 2. The standard InChI is InChI=1S/C20H30FN2O5P.CH4O/c1-7-8-11-26-29(23(13(2)3)14(4)5)28-19-15(6)27-20(18(19)21)22-10-9-16(24)12-17(22)25;1-2/h1,9-10,13-15,18-20H,8,11-12H2,2-6H3;2H,1H3/i6D;2T. The maximum absolute atomic E-state index is 15.4. The van der Waals surface area contributed by atoms with Crippen LogP contribution in [0.4, 0.5) is 4.39 Å². The highest BCUT2D eigenvalue weighted by Gasteiger charge is 2.50. The first-order valence-corrected chi connectivity index (χ1v) is 11.2. The third-order valence-electron chi connectivity index (χ3n) is 4.48. The van der Waals surface area contributed by atoms with Crippen LogP contribution in [0.25, 0.3) is 0 Å². The van der Waals surface area contributed by atoms with Gasteiger partial charge >= 0.3 is 0 Å². The summed E-state index contributed by atoms with van der Waals surface area (Å²) in [6, 6.07) is 0.121. The minimum Gasteiger partial charge on any atom is -0.400 e. The number of carbonyl (C=O) groups is 2. The van der Waals surface area contributed by atoms with Gasteiger partial charge in [0.05, 0.1) is 19.1 Å². The molecule has 5 unspecified atom stereocenters. The Bertz CT molecular complexity index is 701. The Morgan fingerprint density at radius 3 is 2.68 bits per heavy atom. The van der Waals surface area contributed by atoms with E-state index in [1.165, 1.54) is 19.4 Å². The number of aliphatic hydroxyl groups is 1. The number of halogens is 1. The first kappa shape index (κ1) is 24.2. The van der Waals surface area contributed by atoms with Crippen molar-refractivity contribution in [2.75, 3.05) is 13.7 Å². The van der Waals surface area contributed by atoms with Gasteiger partial charge in [-0.3, -0.25) is 14.5 Å². The Hall–Kier alpha value is -1.40. The maximum Gasteiger partial charge on any atom is 0.259 e. The quantitative estimate of drug-likeness (QED) is 0.243. The summed E-state index contributed by atoms with van der Waals surface area (Å²) in [5, 5.41) is 3.50. The molecular weight excluding hydrogens is 426 g/mol. The molecular formula is C21H34FN2O6P. The van der Waals surface area contributed by atoms with E-state index in [9.17, 15) is 9.59 Å². The van der Waals surface area contributed by atoms with Crippen molar-refractivity contribution in [3.8, 4) is 12.3 Å². The number of alkyl halides is 1. The molecule has 0 bridgehead atoms. The molecule has 10 heteroatoms. The molecule has 2 aliphatic heterocycles. The molecule has 0 aliphatic carbocycles. The topological polar surface area (TPSA) is 88.5 Å². The number of rotatable bonds is 9. The zero-order valence-electron chi connectivity index (χ0n) is 20.7. The monoisotopic (exact) mass is 463 g/mol. The lowest BCUT2D eigenvalue weighted by atomic mass is 10.1. The highest BCUT2D eigenvalue weighted by atomic mass is 31.2. The summed E-state index contributed by atoms with van der Waals surface area (Å²) in [7, 11) is -0.389. The number of aliphatic hydroxyl groups excluding tert-OH is 1. The number of terminal acetylenes is 1. The van der Waals surface area contributed by atoms with Crippen molar-refractivity contribution < 1.29 is 34.2 Å². The van der Waals surface area contributed by atoms with Gasteiger partial charge in [-0.2, -0.15) is 0 Å². The molecule has 0 spiro atoms. The molecule has 176 valence electrons.